The van der Waals surface area contributed by atoms with Gasteiger partial charge in [-0.25, -0.2) is 0 Å². The largest absolute Gasteiger partial charge is 0.288 e. The third kappa shape index (κ3) is 3.08. The van der Waals surface area contributed by atoms with Gasteiger partial charge in [0, 0.05) is 6.42 Å². The van der Waals surface area contributed by atoms with Crippen molar-refractivity contribution in [2.24, 2.45) is 0 Å². The summed E-state index contributed by atoms with van der Waals surface area (Å²) in [4.78, 5) is 2.31. The Labute approximate surface area is 104 Å². The number of benzene rings is 1. The normalized spacial score (nSPS) is 17.9. The fraction of sp³-hybridized carbons (Fsp3) is 0.533. The Balaban J connectivity index is 2.00. The number of likely N-dealkylation sites (tertiary alicyclic amines) is 1. The van der Waals surface area contributed by atoms with Crippen molar-refractivity contribution >= 4 is 0 Å². The van der Waals surface area contributed by atoms with Crippen LogP contribution in [0.5, 0.6) is 0 Å². The van der Waals surface area contributed by atoms with Crippen LogP contribution in [0.3, 0.4) is 0 Å². The standard InChI is InChI=1S/C15H20N2/c1-2-13-5-7-14(8-6-13)11-15(12-16)17-9-3-4-10-17/h5-8,15H,2-4,9-11H2,1H3. The van der Waals surface area contributed by atoms with Gasteiger partial charge in [-0.05, 0) is 43.5 Å². The van der Waals surface area contributed by atoms with E-state index in [0.29, 0.717) is 0 Å². The van der Waals surface area contributed by atoms with Crippen LogP contribution >= 0.6 is 0 Å². The van der Waals surface area contributed by atoms with E-state index in [1.54, 1.807) is 0 Å². The second kappa shape index (κ2) is 5.84. The average Bonchev–Trinajstić information content (AvgIpc) is 2.90. The molecule has 0 amide bonds. The van der Waals surface area contributed by atoms with E-state index in [9.17, 15) is 5.26 Å². The fourth-order valence-electron chi connectivity index (χ4n) is 2.44. The highest BCUT2D eigenvalue weighted by molar-refractivity contribution is 5.24. The van der Waals surface area contributed by atoms with Crippen LogP contribution in [0.4, 0.5) is 0 Å². The molecule has 0 radical (unpaired) electrons. The number of aryl methyl sites for hydroxylation is 1. The van der Waals surface area contributed by atoms with Crippen LogP contribution in [0, 0.1) is 11.3 Å². The number of hydrogen-bond acceptors (Lipinski definition) is 2. The van der Waals surface area contributed by atoms with Gasteiger partial charge >= 0.3 is 0 Å². The minimum atomic E-state index is 0.0602. The predicted octanol–water partition coefficient (Wildman–Crippen LogP) is 2.78. The van der Waals surface area contributed by atoms with E-state index in [1.807, 2.05) is 0 Å². The maximum atomic E-state index is 9.26. The molecule has 1 aromatic rings. The van der Waals surface area contributed by atoms with Gasteiger partial charge in [-0.1, -0.05) is 31.2 Å². The van der Waals surface area contributed by atoms with Gasteiger partial charge in [0.2, 0.25) is 0 Å². The molecule has 1 aliphatic heterocycles. The lowest BCUT2D eigenvalue weighted by atomic mass is 10.0. The molecule has 0 spiro atoms. The molecule has 2 nitrogen and oxygen atoms in total. The van der Waals surface area contributed by atoms with E-state index in [0.717, 1.165) is 25.9 Å². The molecule has 1 fully saturated rings. The molecule has 0 bridgehead atoms. The molecule has 0 aliphatic carbocycles. The SMILES string of the molecule is CCc1ccc(CC(C#N)N2CCCC2)cc1. The van der Waals surface area contributed by atoms with Crippen molar-refractivity contribution in [3.8, 4) is 6.07 Å². The summed E-state index contributed by atoms with van der Waals surface area (Å²) in [5.41, 5.74) is 2.64. The first-order chi connectivity index (χ1) is 8.33. The van der Waals surface area contributed by atoms with Crippen LogP contribution in [0.2, 0.25) is 0 Å². The maximum Gasteiger partial charge on any atom is 0.102 e. The molecule has 1 saturated heterocycles. The minimum Gasteiger partial charge on any atom is -0.288 e. The number of nitrogens with zero attached hydrogens (tertiary/aromatic N) is 2. The summed E-state index contributed by atoms with van der Waals surface area (Å²) in [5, 5.41) is 9.26. The highest BCUT2D eigenvalue weighted by Crippen LogP contribution is 2.15. The van der Waals surface area contributed by atoms with Gasteiger partial charge in [0.15, 0.2) is 0 Å². The monoisotopic (exact) mass is 228 g/mol. The van der Waals surface area contributed by atoms with Crippen molar-refractivity contribution in [3.05, 3.63) is 35.4 Å². The van der Waals surface area contributed by atoms with E-state index in [4.69, 9.17) is 0 Å². The molecular weight excluding hydrogens is 208 g/mol. The molecule has 0 N–H and O–H groups in total. The van der Waals surface area contributed by atoms with Crippen molar-refractivity contribution < 1.29 is 0 Å². The summed E-state index contributed by atoms with van der Waals surface area (Å²) >= 11 is 0. The topological polar surface area (TPSA) is 27.0 Å². The smallest absolute Gasteiger partial charge is 0.102 e. The summed E-state index contributed by atoms with van der Waals surface area (Å²) in [6, 6.07) is 11.2. The van der Waals surface area contributed by atoms with E-state index < -0.39 is 0 Å². The van der Waals surface area contributed by atoms with Crippen LogP contribution in [0.25, 0.3) is 0 Å². The second-order valence-corrected chi connectivity index (χ2v) is 4.76. The number of hydrogen-bond donors (Lipinski definition) is 0. The van der Waals surface area contributed by atoms with Crippen LogP contribution in [-0.2, 0) is 12.8 Å². The lowest BCUT2D eigenvalue weighted by Gasteiger charge is -2.21. The molecule has 1 atom stereocenters. The van der Waals surface area contributed by atoms with Gasteiger partial charge in [0.25, 0.3) is 0 Å². The van der Waals surface area contributed by atoms with E-state index in [-0.39, 0.29) is 6.04 Å². The molecule has 90 valence electrons. The van der Waals surface area contributed by atoms with Crippen molar-refractivity contribution in [2.45, 2.75) is 38.6 Å². The Morgan fingerprint density at radius 3 is 2.29 bits per heavy atom. The zero-order chi connectivity index (χ0) is 12.1. The highest BCUT2D eigenvalue weighted by Gasteiger charge is 2.21. The molecular formula is C15H20N2. The molecule has 17 heavy (non-hydrogen) atoms. The Morgan fingerprint density at radius 2 is 1.76 bits per heavy atom. The van der Waals surface area contributed by atoms with Gasteiger partial charge in [-0.3, -0.25) is 4.90 Å². The highest BCUT2D eigenvalue weighted by atomic mass is 15.2. The Kier molecular flexibility index (Phi) is 4.17. The molecule has 2 heteroatoms. The first-order valence-electron chi connectivity index (χ1n) is 6.55. The number of nitriles is 1. The van der Waals surface area contributed by atoms with Crippen LogP contribution in [-0.4, -0.2) is 24.0 Å². The Bertz CT molecular complexity index is 382. The molecule has 0 aromatic heterocycles. The Hall–Kier alpha value is -1.33. The molecule has 2 rings (SSSR count). The predicted molar refractivity (Wildman–Crippen MR) is 69.7 cm³/mol. The summed E-state index contributed by atoms with van der Waals surface area (Å²) in [6.45, 7) is 4.34. The second-order valence-electron chi connectivity index (χ2n) is 4.76. The van der Waals surface area contributed by atoms with Crippen LogP contribution < -0.4 is 0 Å². The third-order valence-electron chi connectivity index (χ3n) is 3.59. The molecule has 1 heterocycles. The first-order valence-corrected chi connectivity index (χ1v) is 6.55. The summed E-state index contributed by atoms with van der Waals surface area (Å²) in [7, 11) is 0. The lowest BCUT2D eigenvalue weighted by Crippen LogP contribution is -2.33. The average molecular weight is 228 g/mol. The van der Waals surface area contributed by atoms with Crippen molar-refractivity contribution in [3.63, 3.8) is 0 Å². The van der Waals surface area contributed by atoms with E-state index >= 15 is 0 Å². The Morgan fingerprint density at radius 1 is 1.18 bits per heavy atom. The quantitative estimate of drug-likeness (QED) is 0.792. The van der Waals surface area contributed by atoms with E-state index in [2.05, 4.69) is 42.2 Å². The van der Waals surface area contributed by atoms with Crippen LogP contribution in [0.15, 0.2) is 24.3 Å². The molecule has 0 saturated carbocycles. The van der Waals surface area contributed by atoms with Gasteiger partial charge < -0.3 is 0 Å². The maximum absolute atomic E-state index is 9.26. The summed E-state index contributed by atoms with van der Waals surface area (Å²) < 4.78 is 0. The van der Waals surface area contributed by atoms with Gasteiger partial charge in [-0.2, -0.15) is 5.26 Å². The fourth-order valence-corrected chi connectivity index (χ4v) is 2.44. The van der Waals surface area contributed by atoms with Crippen molar-refractivity contribution in [1.29, 1.82) is 5.26 Å². The summed E-state index contributed by atoms with van der Waals surface area (Å²) in [6.07, 6.45) is 4.43. The summed E-state index contributed by atoms with van der Waals surface area (Å²) in [5.74, 6) is 0. The third-order valence-corrected chi connectivity index (χ3v) is 3.59. The first kappa shape index (κ1) is 12.1. The number of rotatable bonds is 4. The van der Waals surface area contributed by atoms with Gasteiger partial charge in [0.05, 0.1) is 6.07 Å². The van der Waals surface area contributed by atoms with E-state index in [1.165, 1.54) is 24.0 Å². The minimum absolute atomic E-state index is 0.0602. The lowest BCUT2D eigenvalue weighted by molar-refractivity contribution is 0.288. The van der Waals surface area contributed by atoms with Gasteiger partial charge in [0.1, 0.15) is 6.04 Å². The molecule has 1 aliphatic rings. The van der Waals surface area contributed by atoms with Crippen molar-refractivity contribution in [2.75, 3.05) is 13.1 Å². The van der Waals surface area contributed by atoms with Gasteiger partial charge in [-0.15, -0.1) is 0 Å². The zero-order valence-corrected chi connectivity index (χ0v) is 10.5. The molecule has 1 aromatic carbocycles. The molecule has 1 unspecified atom stereocenters. The zero-order valence-electron chi connectivity index (χ0n) is 10.5. The van der Waals surface area contributed by atoms with Crippen LogP contribution in [0.1, 0.15) is 30.9 Å². The van der Waals surface area contributed by atoms with Crippen molar-refractivity contribution in [1.82, 2.24) is 4.90 Å².